The van der Waals surface area contributed by atoms with Gasteiger partial charge in [-0.25, -0.2) is 4.79 Å². The number of carboxylic acids is 1. The zero-order chi connectivity index (χ0) is 27.7. The number of nitrogens with zero attached hydrogens (tertiary/aromatic N) is 1. The van der Waals surface area contributed by atoms with Gasteiger partial charge in [0, 0.05) is 5.56 Å². The zero-order valence-electron chi connectivity index (χ0n) is 21.3. The summed E-state index contributed by atoms with van der Waals surface area (Å²) >= 11 is 0. The van der Waals surface area contributed by atoms with Crippen molar-refractivity contribution in [2.75, 3.05) is 33.9 Å². The Morgan fingerprint density at radius 3 is 2.16 bits per heavy atom. The first-order valence-corrected chi connectivity index (χ1v) is 11.7. The fourth-order valence-corrected chi connectivity index (χ4v) is 3.51. The van der Waals surface area contributed by atoms with Crippen molar-refractivity contribution in [3.63, 3.8) is 0 Å². The lowest BCUT2D eigenvalue weighted by Gasteiger charge is -2.13. The van der Waals surface area contributed by atoms with E-state index in [9.17, 15) is 18.0 Å². The van der Waals surface area contributed by atoms with Crippen LogP contribution in [0.3, 0.4) is 0 Å². The van der Waals surface area contributed by atoms with Crippen molar-refractivity contribution in [3.05, 3.63) is 101 Å². The number of hydrogen-bond donors (Lipinski definition) is 1. The van der Waals surface area contributed by atoms with E-state index >= 15 is 0 Å². The molecule has 0 atom stereocenters. The molecular formula is C30H28F3NO4. The molecule has 0 saturated carbocycles. The third kappa shape index (κ3) is 8.43. The minimum atomic E-state index is -4.42. The first-order valence-electron chi connectivity index (χ1n) is 11.7. The Balaban J connectivity index is 1.84. The summed E-state index contributed by atoms with van der Waals surface area (Å²) in [6, 6.07) is 17.5. The van der Waals surface area contributed by atoms with E-state index in [1.807, 2.05) is 43.3 Å². The van der Waals surface area contributed by atoms with Crippen LogP contribution in [-0.2, 0) is 11.0 Å². The molecule has 3 rings (SSSR count). The van der Waals surface area contributed by atoms with Gasteiger partial charge in [0.15, 0.2) is 6.61 Å². The topological polar surface area (TPSA) is 59.0 Å². The molecule has 0 unspecified atom stereocenters. The van der Waals surface area contributed by atoms with Crippen molar-refractivity contribution in [1.82, 2.24) is 4.90 Å². The third-order valence-corrected chi connectivity index (χ3v) is 5.38. The van der Waals surface area contributed by atoms with Crippen LogP contribution < -0.4 is 9.47 Å². The Kier molecular flexibility index (Phi) is 9.58. The van der Waals surface area contributed by atoms with Crippen molar-refractivity contribution in [3.8, 4) is 23.3 Å². The maximum Gasteiger partial charge on any atom is 0.416 e. The van der Waals surface area contributed by atoms with Gasteiger partial charge in [-0.1, -0.05) is 36.1 Å². The van der Waals surface area contributed by atoms with Gasteiger partial charge in [0.25, 0.3) is 0 Å². The number of carbonyl (C=O) groups is 1. The largest absolute Gasteiger partial charge is 0.489 e. The highest BCUT2D eigenvalue weighted by atomic mass is 19.4. The van der Waals surface area contributed by atoms with Crippen molar-refractivity contribution < 1.29 is 32.5 Å². The van der Waals surface area contributed by atoms with Crippen LogP contribution in [0.15, 0.2) is 72.8 Å². The molecular weight excluding hydrogens is 495 g/mol. The normalized spacial score (nSPS) is 11.6. The van der Waals surface area contributed by atoms with E-state index in [0.29, 0.717) is 34.7 Å². The predicted octanol–water partition coefficient (Wildman–Crippen LogP) is 5.90. The lowest BCUT2D eigenvalue weighted by atomic mass is 9.96. The number of alkyl halides is 3. The zero-order valence-corrected chi connectivity index (χ0v) is 21.3. The van der Waals surface area contributed by atoms with Crippen molar-refractivity contribution in [1.29, 1.82) is 0 Å². The number of ether oxygens (including phenoxy) is 2. The van der Waals surface area contributed by atoms with E-state index < -0.39 is 24.3 Å². The first-order chi connectivity index (χ1) is 18.0. The number of aliphatic carboxylic acids is 1. The maximum absolute atomic E-state index is 13.1. The van der Waals surface area contributed by atoms with Crippen molar-refractivity contribution in [2.45, 2.75) is 13.1 Å². The highest BCUT2D eigenvalue weighted by Gasteiger charge is 2.30. The summed E-state index contributed by atoms with van der Waals surface area (Å²) in [5.41, 5.74) is 2.96. The molecule has 3 aromatic carbocycles. The molecule has 0 spiro atoms. The molecule has 0 aliphatic heterocycles. The fraction of sp³-hybridized carbons (Fsp3) is 0.233. The fourth-order valence-electron chi connectivity index (χ4n) is 3.51. The number of hydrogen-bond acceptors (Lipinski definition) is 4. The van der Waals surface area contributed by atoms with Crippen LogP contribution in [0.1, 0.15) is 27.8 Å². The minimum Gasteiger partial charge on any atom is -0.489 e. The molecule has 38 heavy (non-hydrogen) atoms. The number of aryl methyl sites for hydroxylation is 1. The molecule has 0 aliphatic rings. The second kappa shape index (κ2) is 12.8. The highest BCUT2D eigenvalue weighted by Crippen LogP contribution is 2.32. The Hall–Kier alpha value is -4.22. The van der Waals surface area contributed by atoms with Gasteiger partial charge in [0.2, 0.25) is 0 Å². The summed E-state index contributed by atoms with van der Waals surface area (Å²) < 4.78 is 50.4. The van der Waals surface area contributed by atoms with Crippen LogP contribution in [0.4, 0.5) is 13.2 Å². The average molecular weight is 524 g/mol. The predicted molar refractivity (Wildman–Crippen MR) is 140 cm³/mol. The molecule has 198 valence electrons. The van der Waals surface area contributed by atoms with E-state index in [1.165, 1.54) is 12.1 Å². The molecule has 0 heterocycles. The van der Waals surface area contributed by atoms with Gasteiger partial charge in [-0.15, -0.1) is 0 Å². The first kappa shape index (κ1) is 28.4. The minimum absolute atomic E-state index is 0.148. The molecule has 1 N–H and O–H groups in total. The maximum atomic E-state index is 13.1. The summed E-state index contributed by atoms with van der Waals surface area (Å²) in [7, 11) is 3.87. The second-order valence-corrected chi connectivity index (χ2v) is 8.73. The van der Waals surface area contributed by atoms with Crippen LogP contribution in [0.25, 0.3) is 5.57 Å². The molecule has 0 aromatic heterocycles. The van der Waals surface area contributed by atoms with E-state index in [4.69, 9.17) is 14.6 Å². The van der Waals surface area contributed by atoms with Crippen LogP contribution in [0, 0.1) is 18.8 Å². The standard InChI is InChI=1S/C30H28F3NO4/c1-21-19-26(14-15-28(21)38-20-29(35)36)37-18-16-27(24-10-12-25(13-11-24)30(31,32)33)23-8-6-22(7-9-23)5-4-17-34(2)3/h6-16,19H,17-18,20H2,1-3H3,(H,35,36)/b27-16+. The van der Waals surface area contributed by atoms with E-state index in [2.05, 4.69) is 11.8 Å². The monoisotopic (exact) mass is 523 g/mol. The molecule has 0 amide bonds. The molecule has 0 fully saturated rings. The van der Waals surface area contributed by atoms with Crippen LogP contribution in [-0.4, -0.2) is 49.8 Å². The summed E-state index contributed by atoms with van der Waals surface area (Å²) in [6.07, 6.45) is -2.61. The van der Waals surface area contributed by atoms with Crippen molar-refractivity contribution in [2.24, 2.45) is 0 Å². The number of halogens is 3. The quantitative estimate of drug-likeness (QED) is 0.354. The smallest absolute Gasteiger partial charge is 0.416 e. The molecule has 3 aromatic rings. The molecule has 8 heteroatoms. The molecule has 0 saturated heterocycles. The molecule has 5 nitrogen and oxygen atoms in total. The highest BCUT2D eigenvalue weighted by molar-refractivity contribution is 5.80. The average Bonchev–Trinajstić information content (AvgIpc) is 2.86. The number of rotatable bonds is 9. The summed E-state index contributed by atoms with van der Waals surface area (Å²) in [6.45, 7) is 2.11. The molecule has 0 radical (unpaired) electrons. The van der Waals surface area contributed by atoms with Gasteiger partial charge in [-0.3, -0.25) is 4.90 Å². The number of benzene rings is 3. The van der Waals surface area contributed by atoms with Crippen molar-refractivity contribution >= 4 is 11.5 Å². The number of carboxylic acid groups (broad SMARTS) is 1. The Bertz CT molecular complexity index is 1330. The van der Waals surface area contributed by atoms with E-state index in [-0.39, 0.29) is 6.61 Å². The van der Waals surface area contributed by atoms with E-state index in [1.54, 1.807) is 31.2 Å². The Morgan fingerprint density at radius 1 is 0.974 bits per heavy atom. The van der Waals surface area contributed by atoms with Crippen LogP contribution in [0.2, 0.25) is 0 Å². The van der Waals surface area contributed by atoms with Crippen LogP contribution in [0.5, 0.6) is 11.5 Å². The Morgan fingerprint density at radius 2 is 1.61 bits per heavy atom. The lowest BCUT2D eigenvalue weighted by molar-refractivity contribution is -0.139. The van der Waals surface area contributed by atoms with E-state index in [0.717, 1.165) is 23.3 Å². The second-order valence-electron chi connectivity index (χ2n) is 8.73. The molecule has 0 bridgehead atoms. The van der Waals surface area contributed by atoms with Gasteiger partial charge in [-0.2, -0.15) is 13.2 Å². The third-order valence-electron chi connectivity index (χ3n) is 5.38. The van der Waals surface area contributed by atoms with Gasteiger partial charge in [-0.05, 0) is 91.8 Å². The summed E-state index contributed by atoms with van der Waals surface area (Å²) in [5, 5.41) is 8.78. The molecule has 0 aliphatic carbocycles. The lowest BCUT2D eigenvalue weighted by Crippen LogP contribution is -2.10. The van der Waals surface area contributed by atoms with Gasteiger partial charge >= 0.3 is 12.1 Å². The van der Waals surface area contributed by atoms with Gasteiger partial charge in [0.05, 0.1) is 12.1 Å². The SMILES string of the molecule is Cc1cc(OC/C=C(\c2ccc(C#CCN(C)C)cc2)c2ccc(C(F)(F)F)cc2)ccc1OCC(=O)O. The van der Waals surface area contributed by atoms with Gasteiger partial charge < -0.3 is 14.6 Å². The Labute approximate surface area is 220 Å². The van der Waals surface area contributed by atoms with Gasteiger partial charge in [0.1, 0.15) is 18.1 Å². The summed E-state index contributed by atoms with van der Waals surface area (Å²) in [4.78, 5) is 12.7. The van der Waals surface area contributed by atoms with Crippen LogP contribution >= 0.6 is 0 Å². The summed E-state index contributed by atoms with van der Waals surface area (Å²) in [5.74, 6) is 6.08.